The quantitative estimate of drug-likeness (QED) is 0.673. The van der Waals surface area contributed by atoms with Gasteiger partial charge in [0, 0.05) is 40.7 Å². The Bertz CT molecular complexity index is 580. The first-order valence-corrected chi connectivity index (χ1v) is 7.15. The molecule has 0 saturated heterocycles. The molecule has 1 aliphatic rings. The molecule has 0 saturated carbocycles. The average molecular weight is 332 g/mol. The van der Waals surface area contributed by atoms with Crippen molar-refractivity contribution in [3.63, 3.8) is 0 Å². The molecular weight excluding hydrogens is 317 g/mol. The molecule has 2 unspecified atom stereocenters. The van der Waals surface area contributed by atoms with Crippen LogP contribution in [-0.4, -0.2) is 29.6 Å². The molecule has 0 radical (unpaired) electrons. The average Bonchev–Trinajstić information content (AvgIpc) is 2.37. The highest BCUT2D eigenvalue weighted by Gasteiger charge is 2.33. The largest absolute Gasteiger partial charge is 0.480 e. The van der Waals surface area contributed by atoms with Crippen LogP contribution in [0.4, 0.5) is 5.69 Å². The first-order valence-electron chi connectivity index (χ1n) is 6.40. The molecule has 2 atom stereocenters. The number of carbonyl (C=O) groups excluding carboxylic acids is 1. The van der Waals surface area contributed by atoms with Crippen LogP contribution in [0.1, 0.15) is 24.4 Å². The number of hydrogen-bond donors (Lipinski definition) is 4. The number of amides is 1. The van der Waals surface area contributed by atoms with Crippen molar-refractivity contribution in [3.8, 4) is 0 Å². The Morgan fingerprint density at radius 3 is 2.76 bits per heavy atom. The molecule has 1 aromatic carbocycles. The second-order valence-corrected chi connectivity index (χ2v) is 5.62. The lowest BCUT2D eigenvalue weighted by Gasteiger charge is -2.32. The number of nitrogens with one attached hydrogen (secondary N) is 2. The third kappa shape index (κ3) is 3.58. The van der Waals surface area contributed by atoms with Crippen LogP contribution in [-0.2, 0) is 9.59 Å². The van der Waals surface area contributed by atoms with Crippen LogP contribution < -0.4 is 16.4 Å². The fraction of sp³-hybridized carbons (Fsp3) is 0.385. The summed E-state index contributed by atoms with van der Waals surface area (Å²) >= 11 is 12.1. The normalized spacial score (nSPS) is 20.3. The second kappa shape index (κ2) is 6.51. The molecule has 1 amide bonds. The van der Waals surface area contributed by atoms with Crippen LogP contribution in [0.2, 0.25) is 10.0 Å². The Balaban J connectivity index is 2.36. The Labute approximate surface area is 131 Å². The standard InChI is InChI=1S/C13H15Cl2N3O3/c14-6-3-7(15)12-8(4-6)17-10(13(20)21)5-9(12)18-11(19)1-2-16/h3-4,9-10,17H,1-2,5,16H2,(H,18,19)(H,20,21). The number of benzene rings is 1. The van der Waals surface area contributed by atoms with Crippen LogP contribution in [0.15, 0.2) is 12.1 Å². The molecule has 1 aliphatic heterocycles. The number of fused-ring (bicyclic) bond motifs is 1. The number of nitrogens with two attached hydrogens (primary N) is 1. The SMILES string of the molecule is NCCC(=O)NC1CC(C(=O)O)Nc2cc(Cl)cc(Cl)c21. The maximum Gasteiger partial charge on any atom is 0.326 e. The lowest BCUT2D eigenvalue weighted by Crippen LogP contribution is -2.41. The van der Waals surface area contributed by atoms with Crippen molar-refractivity contribution < 1.29 is 14.7 Å². The first-order chi connectivity index (χ1) is 9.92. The van der Waals surface area contributed by atoms with Crippen LogP contribution >= 0.6 is 23.2 Å². The summed E-state index contributed by atoms with van der Waals surface area (Å²) in [4.78, 5) is 23.0. The zero-order valence-corrected chi connectivity index (χ0v) is 12.5. The van der Waals surface area contributed by atoms with Crippen LogP contribution in [0.3, 0.4) is 0 Å². The minimum Gasteiger partial charge on any atom is -0.480 e. The zero-order chi connectivity index (χ0) is 15.6. The Morgan fingerprint density at radius 2 is 2.14 bits per heavy atom. The molecule has 0 aromatic heterocycles. The lowest BCUT2D eigenvalue weighted by molar-refractivity contribution is -0.138. The number of aliphatic carboxylic acids is 1. The maximum atomic E-state index is 11.7. The highest BCUT2D eigenvalue weighted by molar-refractivity contribution is 6.35. The Kier molecular flexibility index (Phi) is 4.92. The van der Waals surface area contributed by atoms with Gasteiger partial charge in [-0.25, -0.2) is 4.79 Å². The summed E-state index contributed by atoms with van der Waals surface area (Å²) in [5.74, 6) is -1.25. The summed E-state index contributed by atoms with van der Waals surface area (Å²) < 4.78 is 0. The van der Waals surface area contributed by atoms with E-state index in [1.807, 2.05) is 0 Å². The van der Waals surface area contributed by atoms with E-state index in [0.29, 0.717) is 21.3 Å². The summed E-state index contributed by atoms with van der Waals surface area (Å²) in [6.45, 7) is 0.223. The van der Waals surface area contributed by atoms with Crippen LogP contribution in [0, 0.1) is 0 Å². The van der Waals surface area contributed by atoms with E-state index in [1.54, 1.807) is 12.1 Å². The van der Waals surface area contributed by atoms with Gasteiger partial charge in [0.25, 0.3) is 0 Å². The molecule has 0 aliphatic carbocycles. The number of halogens is 2. The van der Waals surface area contributed by atoms with Crippen LogP contribution in [0.5, 0.6) is 0 Å². The van der Waals surface area contributed by atoms with Gasteiger partial charge in [0.15, 0.2) is 0 Å². The molecule has 5 N–H and O–H groups in total. The van der Waals surface area contributed by atoms with Gasteiger partial charge in [-0.05, 0) is 12.1 Å². The van der Waals surface area contributed by atoms with Gasteiger partial charge in [-0.1, -0.05) is 23.2 Å². The highest BCUT2D eigenvalue weighted by Crippen LogP contribution is 2.39. The van der Waals surface area contributed by atoms with Crippen LogP contribution in [0.25, 0.3) is 0 Å². The summed E-state index contributed by atoms with van der Waals surface area (Å²) in [5.41, 5.74) is 6.50. The summed E-state index contributed by atoms with van der Waals surface area (Å²) in [7, 11) is 0. The van der Waals surface area contributed by atoms with Crippen molar-refractivity contribution in [2.75, 3.05) is 11.9 Å². The number of carboxylic acid groups (broad SMARTS) is 1. The Morgan fingerprint density at radius 1 is 1.43 bits per heavy atom. The number of carboxylic acids is 1. The number of carbonyl (C=O) groups is 2. The van der Waals surface area contributed by atoms with E-state index in [-0.39, 0.29) is 25.3 Å². The fourth-order valence-corrected chi connectivity index (χ4v) is 2.97. The zero-order valence-electron chi connectivity index (χ0n) is 11.0. The molecule has 0 spiro atoms. The number of rotatable bonds is 4. The molecule has 1 heterocycles. The third-order valence-electron chi connectivity index (χ3n) is 3.25. The van der Waals surface area contributed by atoms with Gasteiger partial charge in [-0.15, -0.1) is 0 Å². The van der Waals surface area contributed by atoms with E-state index < -0.39 is 18.1 Å². The number of hydrogen-bond acceptors (Lipinski definition) is 4. The molecule has 21 heavy (non-hydrogen) atoms. The van der Waals surface area contributed by atoms with E-state index in [4.69, 9.17) is 28.9 Å². The van der Waals surface area contributed by atoms with Gasteiger partial charge < -0.3 is 21.5 Å². The topological polar surface area (TPSA) is 104 Å². The molecule has 1 aromatic rings. The predicted octanol–water partition coefficient (Wildman–Crippen LogP) is 1.77. The van der Waals surface area contributed by atoms with E-state index in [0.717, 1.165) is 0 Å². The van der Waals surface area contributed by atoms with Crippen molar-refractivity contribution in [1.29, 1.82) is 0 Å². The molecule has 0 bridgehead atoms. The van der Waals surface area contributed by atoms with Gasteiger partial charge in [-0.2, -0.15) is 0 Å². The van der Waals surface area contributed by atoms with Gasteiger partial charge >= 0.3 is 5.97 Å². The molecule has 0 fully saturated rings. The van der Waals surface area contributed by atoms with Crippen molar-refractivity contribution in [1.82, 2.24) is 5.32 Å². The Hall–Kier alpha value is -1.50. The second-order valence-electron chi connectivity index (χ2n) is 4.78. The smallest absolute Gasteiger partial charge is 0.326 e. The molecule has 6 nitrogen and oxygen atoms in total. The predicted molar refractivity (Wildman–Crippen MR) is 80.7 cm³/mol. The molecule has 2 rings (SSSR count). The molecule has 8 heteroatoms. The summed E-state index contributed by atoms with van der Waals surface area (Å²) in [5, 5.41) is 15.6. The van der Waals surface area contributed by atoms with Crippen molar-refractivity contribution in [3.05, 3.63) is 27.7 Å². The molecule has 114 valence electrons. The van der Waals surface area contributed by atoms with E-state index >= 15 is 0 Å². The van der Waals surface area contributed by atoms with Gasteiger partial charge in [0.1, 0.15) is 6.04 Å². The first kappa shape index (κ1) is 15.9. The van der Waals surface area contributed by atoms with E-state index in [9.17, 15) is 14.7 Å². The maximum absolute atomic E-state index is 11.7. The number of anilines is 1. The van der Waals surface area contributed by atoms with E-state index in [2.05, 4.69) is 10.6 Å². The van der Waals surface area contributed by atoms with Crippen molar-refractivity contribution >= 4 is 40.8 Å². The molecular formula is C13H15Cl2N3O3. The summed E-state index contributed by atoms with van der Waals surface area (Å²) in [6.07, 6.45) is 0.363. The third-order valence-corrected chi connectivity index (χ3v) is 3.78. The monoisotopic (exact) mass is 331 g/mol. The summed E-state index contributed by atoms with van der Waals surface area (Å²) in [6, 6.07) is 1.84. The van der Waals surface area contributed by atoms with Gasteiger partial charge in [0.2, 0.25) is 5.91 Å². The van der Waals surface area contributed by atoms with Crippen molar-refractivity contribution in [2.24, 2.45) is 5.73 Å². The van der Waals surface area contributed by atoms with E-state index in [1.165, 1.54) is 0 Å². The van der Waals surface area contributed by atoms with Gasteiger partial charge in [0.05, 0.1) is 6.04 Å². The van der Waals surface area contributed by atoms with Crippen molar-refractivity contribution in [2.45, 2.75) is 24.9 Å². The van der Waals surface area contributed by atoms with Gasteiger partial charge in [-0.3, -0.25) is 4.79 Å². The highest BCUT2D eigenvalue weighted by atomic mass is 35.5. The minimum absolute atomic E-state index is 0.169. The fourth-order valence-electron chi connectivity index (χ4n) is 2.35. The lowest BCUT2D eigenvalue weighted by atomic mass is 9.92. The minimum atomic E-state index is -1.00.